The molecule has 0 radical (unpaired) electrons. The number of alkyl halides is 3. The van der Waals surface area contributed by atoms with E-state index in [1.807, 2.05) is 6.07 Å². The number of nitriles is 1. The molecule has 8 heteroatoms. The van der Waals surface area contributed by atoms with Crippen molar-refractivity contribution in [3.8, 4) is 11.8 Å². The summed E-state index contributed by atoms with van der Waals surface area (Å²) in [4.78, 5) is 4.01. The lowest BCUT2D eigenvalue weighted by Gasteiger charge is -2.11. The Morgan fingerprint density at radius 1 is 1.40 bits per heavy atom. The third-order valence-corrected chi connectivity index (χ3v) is 2.51. The van der Waals surface area contributed by atoms with Crippen LogP contribution in [-0.2, 0) is 0 Å². The number of aromatic nitrogens is 1. The molecular weight excluding hydrogens is 273 g/mol. The van der Waals surface area contributed by atoms with E-state index in [1.165, 1.54) is 24.4 Å². The molecule has 0 saturated heterocycles. The van der Waals surface area contributed by atoms with E-state index in [0.29, 0.717) is 10.9 Å². The molecule has 1 aromatic carbocycles. The maximum atomic E-state index is 12.1. The molecule has 0 spiro atoms. The lowest BCUT2D eigenvalue weighted by Crippen LogP contribution is -2.19. The van der Waals surface area contributed by atoms with E-state index >= 15 is 0 Å². The highest BCUT2D eigenvalue weighted by atomic mass is 19.4. The van der Waals surface area contributed by atoms with Gasteiger partial charge in [0.05, 0.1) is 16.8 Å². The smallest absolute Gasteiger partial charge is 0.422 e. The summed E-state index contributed by atoms with van der Waals surface area (Å²) in [6, 6.07) is 6.10. The summed E-state index contributed by atoms with van der Waals surface area (Å²) < 4.78 is 41.0. The molecule has 5 nitrogen and oxygen atoms in total. The van der Waals surface area contributed by atoms with Crippen LogP contribution in [0, 0.1) is 11.3 Å². The van der Waals surface area contributed by atoms with Crippen molar-refractivity contribution in [3.05, 3.63) is 30.0 Å². The number of ether oxygens (including phenoxy) is 1. The molecule has 0 amide bonds. The van der Waals surface area contributed by atoms with E-state index < -0.39 is 12.8 Å². The monoisotopic (exact) mass is 282 g/mol. The van der Waals surface area contributed by atoms with E-state index in [9.17, 15) is 13.2 Å². The highest BCUT2D eigenvalue weighted by molar-refractivity contribution is 5.94. The Hall–Kier alpha value is -2.53. The number of pyridine rings is 1. The van der Waals surface area contributed by atoms with Crippen LogP contribution in [0.15, 0.2) is 24.4 Å². The first-order valence-electron chi connectivity index (χ1n) is 5.43. The summed E-state index contributed by atoms with van der Waals surface area (Å²) in [5.74, 6) is 5.35. The first kappa shape index (κ1) is 13.9. The standard InChI is InChI=1S/C12H9F3N4O/c13-12(14,15)6-20-8-1-2-10-9(3-8)11(19-17)7(4-16)5-18-10/h1-3,5H,6,17H2,(H,18,19). The quantitative estimate of drug-likeness (QED) is 0.666. The predicted molar refractivity (Wildman–Crippen MR) is 65.8 cm³/mol. The lowest BCUT2D eigenvalue weighted by molar-refractivity contribution is -0.153. The van der Waals surface area contributed by atoms with Crippen molar-refractivity contribution < 1.29 is 17.9 Å². The van der Waals surface area contributed by atoms with Gasteiger partial charge >= 0.3 is 6.18 Å². The first-order valence-corrected chi connectivity index (χ1v) is 5.43. The number of anilines is 1. The van der Waals surface area contributed by atoms with Crippen LogP contribution in [0.1, 0.15) is 5.56 Å². The van der Waals surface area contributed by atoms with Gasteiger partial charge < -0.3 is 10.2 Å². The zero-order valence-corrected chi connectivity index (χ0v) is 10.0. The molecule has 20 heavy (non-hydrogen) atoms. The number of rotatable bonds is 3. The molecule has 1 aromatic heterocycles. The molecule has 3 N–H and O–H groups in total. The van der Waals surface area contributed by atoms with E-state index in [-0.39, 0.29) is 17.0 Å². The van der Waals surface area contributed by atoms with Gasteiger partial charge in [-0.2, -0.15) is 18.4 Å². The Bertz CT molecular complexity index is 679. The Morgan fingerprint density at radius 2 is 2.15 bits per heavy atom. The number of fused-ring (bicyclic) bond motifs is 1. The number of hydrazine groups is 1. The van der Waals surface area contributed by atoms with Crippen LogP contribution in [-0.4, -0.2) is 17.8 Å². The summed E-state index contributed by atoms with van der Waals surface area (Å²) in [5.41, 5.74) is 3.31. The van der Waals surface area contributed by atoms with E-state index in [0.717, 1.165) is 0 Å². The molecule has 0 bridgehead atoms. The summed E-state index contributed by atoms with van der Waals surface area (Å²) in [6.07, 6.45) is -3.09. The first-order chi connectivity index (χ1) is 9.44. The van der Waals surface area contributed by atoms with Crippen molar-refractivity contribution in [2.75, 3.05) is 12.0 Å². The van der Waals surface area contributed by atoms with E-state index in [1.54, 1.807) is 0 Å². The molecule has 104 valence electrons. The number of nitrogens with one attached hydrogen (secondary N) is 1. The second kappa shape index (κ2) is 5.22. The summed E-state index contributed by atoms with van der Waals surface area (Å²) >= 11 is 0. The van der Waals surface area contributed by atoms with Crippen LogP contribution in [0.25, 0.3) is 10.9 Å². The van der Waals surface area contributed by atoms with Crippen molar-refractivity contribution in [1.29, 1.82) is 5.26 Å². The zero-order chi connectivity index (χ0) is 14.8. The van der Waals surface area contributed by atoms with Crippen LogP contribution in [0.2, 0.25) is 0 Å². The molecule has 0 aliphatic rings. The van der Waals surface area contributed by atoms with Crippen molar-refractivity contribution in [1.82, 2.24) is 4.98 Å². The Kier molecular flexibility index (Phi) is 3.63. The predicted octanol–water partition coefficient (Wildman–Crippen LogP) is 2.33. The van der Waals surface area contributed by atoms with Gasteiger partial charge in [0, 0.05) is 11.6 Å². The van der Waals surface area contributed by atoms with Crippen LogP contribution in [0.4, 0.5) is 18.9 Å². The zero-order valence-electron chi connectivity index (χ0n) is 10.0. The molecule has 2 aromatic rings. The fraction of sp³-hybridized carbons (Fsp3) is 0.167. The maximum absolute atomic E-state index is 12.1. The molecule has 2 rings (SSSR count). The summed E-state index contributed by atoms with van der Waals surface area (Å²) in [6.45, 7) is -1.39. The molecule has 0 unspecified atom stereocenters. The largest absolute Gasteiger partial charge is 0.484 e. The number of nitrogens with two attached hydrogens (primary N) is 1. The number of hydrogen-bond donors (Lipinski definition) is 2. The third-order valence-electron chi connectivity index (χ3n) is 2.51. The number of hydrogen-bond acceptors (Lipinski definition) is 5. The minimum atomic E-state index is -4.42. The maximum Gasteiger partial charge on any atom is 0.422 e. The summed E-state index contributed by atoms with van der Waals surface area (Å²) in [5, 5.41) is 9.33. The van der Waals surface area contributed by atoms with Crippen LogP contribution in [0.5, 0.6) is 5.75 Å². The molecule has 0 atom stereocenters. The van der Waals surface area contributed by atoms with Gasteiger partial charge in [-0.1, -0.05) is 0 Å². The number of nitrogens with zero attached hydrogens (tertiary/aromatic N) is 2. The second-order valence-corrected chi connectivity index (χ2v) is 3.89. The van der Waals surface area contributed by atoms with Crippen LogP contribution in [0.3, 0.4) is 0 Å². The average molecular weight is 282 g/mol. The molecular formula is C12H9F3N4O. The van der Waals surface area contributed by atoms with Crippen molar-refractivity contribution >= 4 is 16.6 Å². The molecule has 0 saturated carbocycles. The fourth-order valence-electron chi connectivity index (χ4n) is 1.67. The Labute approximate surface area is 111 Å². The lowest BCUT2D eigenvalue weighted by atomic mass is 10.1. The van der Waals surface area contributed by atoms with E-state index in [4.69, 9.17) is 11.1 Å². The van der Waals surface area contributed by atoms with Crippen molar-refractivity contribution in [3.63, 3.8) is 0 Å². The van der Waals surface area contributed by atoms with E-state index in [2.05, 4.69) is 15.1 Å². The van der Waals surface area contributed by atoms with Crippen LogP contribution >= 0.6 is 0 Å². The van der Waals surface area contributed by atoms with Gasteiger partial charge in [-0.3, -0.25) is 10.8 Å². The van der Waals surface area contributed by atoms with Gasteiger partial charge in [-0.05, 0) is 18.2 Å². The topological polar surface area (TPSA) is 84.0 Å². The minimum Gasteiger partial charge on any atom is -0.484 e. The fourth-order valence-corrected chi connectivity index (χ4v) is 1.67. The van der Waals surface area contributed by atoms with Crippen molar-refractivity contribution in [2.45, 2.75) is 6.18 Å². The average Bonchev–Trinajstić information content (AvgIpc) is 2.42. The third kappa shape index (κ3) is 2.89. The minimum absolute atomic E-state index is 0.0169. The van der Waals surface area contributed by atoms with Gasteiger partial charge in [0.15, 0.2) is 6.61 Å². The highest BCUT2D eigenvalue weighted by Crippen LogP contribution is 2.29. The molecule has 0 aliphatic heterocycles. The van der Waals surface area contributed by atoms with Gasteiger partial charge in [0.2, 0.25) is 0 Å². The SMILES string of the molecule is N#Cc1cnc2ccc(OCC(F)(F)F)cc2c1NN. The Balaban J connectivity index is 2.44. The normalized spacial score (nSPS) is 11.2. The van der Waals surface area contributed by atoms with Gasteiger partial charge in [-0.25, -0.2) is 0 Å². The van der Waals surface area contributed by atoms with Gasteiger partial charge in [0.25, 0.3) is 0 Å². The molecule has 0 aliphatic carbocycles. The highest BCUT2D eigenvalue weighted by Gasteiger charge is 2.28. The number of nitrogen functional groups attached to an aromatic ring is 1. The number of benzene rings is 1. The van der Waals surface area contributed by atoms with Gasteiger partial charge in [-0.15, -0.1) is 0 Å². The summed E-state index contributed by atoms with van der Waals surface area (Å²) in [7, 11) is 0. The second-order valence-electron chi connectivity index (χ2n) is 3.89. The van der Waals surface area contributed by atoms with Gasteiger partial charge in [0.1, 0.15) is 11.8 Å². The molecule has 1 heterocycles. The van der Waals surface area contributed by atoms with Crippen molar-refractivity contribution in [2.24, 2.45) is 5.84 Å². The Morgan fingerprint density at radius 3 is 2.75 bits per heavy atom. The molecule has 0 fully saturated rings. The van der Waals surface area contributed by atoms with Crippen LogP contribution < -0.4 is 16.0 Å². The number of halogens is 3.